The van der Waals surface area contributed by atoms with Crippen LogP contribution < -0.4 is 0 Å². The standard InChI is InChI=1S/C6H11Cl2O2P/c7-11(8,9)10-5-6-3-1-2-4-6/h6H,1-5H2. The Morgan fingerprint density at radius 2 is 1.91 bits per heavy atom. The predicted octanol–water partition coefficient (Wildman–Crippen LogP) is 3.78. The van der Waals surface area contributed by atoms with Crippen LogP contribution >= 0.6 is 28.6 Å². The maximum Gasteiger partial charge on any atom is 0.380 e. The van der Waals surface area contributed by atoms with Crippen molar-refractivity contribution in [3.05, 3.63) is 0 Å². The van der Waals surface area contributed by atoms with Crippen molar-refractivity contribution >= 4 is 28.6 Å². The number of hydrogen-bond donors (Lipinski definition) is 0. The van der Waals surface area contributed by atoms with Gasteiger partial charge in [0.25, 0.3) is 0 Å². The van der Waals surface area contributed by atoms with Crippen LogP contribution in [0.4, 0.5) is 0 Å². The van der Waals surface area contributed by atoms with Gasteiger partial charge in [0, 0.05) is 0 Å². The molecule has 2 nitrogen and oxygen atoms in total. The van der Waals surface area contributed by atoms with Gasteiger partial charge in [-0.15, -0.1) is 0 Å². The Balaban J connectivity index is 2.16. The minimum absolute atomic E-state index is 0.449. The third kappa shape index (κ3) is 4.37. The second kappa shape index (κ2) is 4.13. The van der Waals surface area contributed by atoms with E-state index >= 15 is 0 Å². The monoisotopic (exact) mass is 216 g/mol. The average Bonchev–Trinajstić information content (AvgIpc) is 2.32. The number of halogens is 2. The Labute approximate surface area is 76.2 Å². The quantitative estimate of drug-likeness (QED) is 0.672. The maximum atomic E-state index is 10.7. The lowest BCUT2D eigenvalue weighted by Gasteiger charge is -2.09. The van der Waals surface area contributed by atoms with Gasteiger partial charge in [0.15, 0.2) is 0 Å². The van der Waals surface area contributed by atoms with Crippen molar-refractivity contribution in [3.63, 3.8) is 0 Å². The lowest BCUT2D eigenvalue weighted by atomic mass is 10.1. The van der Waals surface area contributed by atoms with Crippen molar-refractivity contribution in [2.45, 2.75) is 25.7 Å². The van der Waals surface area contributed by atoms with Gasteiger partial charge in [-0.1, -0.05) is 12.8 Å². The normalized spacial score (nSPS) is 20.9. The molecule has 0 unspecified atom stereocenters. The van der Waals surface area contributed by atoms with Crippen molar-refractivity contribution in [2.24, 2.45) is 5.92 Å². The van der Waals surface area contributed by atoms with Crippen LogP contribution in [-0.2, 0) is 9.09 Å². The molecule has 1 aliphatic carbocycles. The van der Waals surface area contributed by atoms with Gasteiger partial charge in [-0.2, -0.15) is 0 Å². The molecule has 0 aromatic rings. The van der Waals surface area contributed by atoms with Gasteiger partial charge < -0.3 is 4.52 Å². The van der Waals surface area contributed by atoms with Crippen molar-refractivity contribution in [3.8, 4) is 0 Å². The van der Waals surface area contributed by atoms with E-state index in [0.717, 1.165) is 12.8 Å². The lowest BCUT2D eigenvalue weighted by Crippen LogP contribution is -2.01. The van der Waals surface area contributed by atoms with Crippen LogP contribution in [0.25, 0.3) is 0 Å². The Morgan fingerprint density at radius 1 is 1.36 bits per heavy atom. The van der Waals surface area contributed by atoms with Crippen LogP contribution in [0.3, 0.4) is 0 Å². The first-order valence-corrected chi connectivity index (χ1v) is 7.15. The molecule has 0 radical (unpaired) electrons. The highest BCUT2D eigenvalue weighted by molar-refractivity contribution is 8.05. The Morgan fingerprint density at radius 3 is 2.36 bits per heavy atom. The molecular formula is C6H11Cl2O2P. The summed E-state index contributed by atoms with van der Waals surface area (Å²) in [5.41, 5.74) is 0. The van der Waals surface area contributed by atoms with Gasteiger partial charge in [-0.3, -0.25) is 4.57 Å². The smallest absolute Gasteiger partial charge is 0.306 e. The van der Waals surface area contributed by atoms with Gasteiger partial charge >= 0.3 is 6.07 Å². The molecule has 1 saturated carbocycles. The van der Waals surface area contributed by atoms with Crippen LogP contribution in [0.15, 0.2) is 0 Å². The van der Waals surface area contributed by atoms with E-state index in [1.54, 1.807) is 0 Å². The average molecular weight is 217 g/mol. The van der Waals surface area contributed by atoms with Crippen molar-refractivity contribution < 1.29 is 9.09 Å². The Bertz CT molecular complexity index is 162. The molecule has 0 bridgehead atoms. The van der Waals surface area contributed by atoms with Crippen molar-refractivity contribution in [1.82, 2.24) is 0 Å². The molecule has 5 heteroatoms. The minimum atomic E-state index is -3.27. The van der Waals surface area contributed by atoms with Gasteiger partial charge in [0.1, 0.15) is 0 Å². The zero-order chi connectivity index (χ0) is 8.32. The van der Waals surface area contributed by atoms with E-state index in [0.29, 0.717) is 12.5 Å². The molecule has 1 fully saturated rings. The summed E-state index contributed by atoms with van der Waals surface area (Å²) >= 11 is 10.4. The number of rotatable bonds is 3. The molecule has 0 aliphatic heterocycles. The zero-order valence-electron chi connectivity index (χ0n) is 6.13. The topological polar surface area (TPSA) is 26.3 Å². The SMILES string of the molecule is O=P(Cl)(Cl)OCC1CCCC1. The third-order valence-corrected chi connectivity index (χ3v) is 2.97. The molecule has 0 spiro atoms. The molecule has 66 valence electrons. The second-order valence-electron chi connectivity index (χ2n) is 2.86. The Kier molecular flexibility index (Phi) is 3.70. The molecule has 0 saturated heterocycles. The lowest BCUT2D eigenvalue weighted by molar-refractivity contribution is 0.266. The van der Waals surface area contributed by atoms with Crippen LogP contribution in [0.2, 0.25) is 0 Å². The van der Waals surface area contributed by atoms with E-state index in [1.807, 2.05) is 0 Å². The molecular weight excluding hydrogens is 206 g/mol. The predicted molar refractivity (Wildman–Crippen MR) is 47.2 cm³/mol. The summed E-state index contributed by atoms with van der Waals surface area (Å²) < 4.78 is 15.5. The highest BCUT2D eigenvalue weighted by atomic mass is 35.9. The second-order valence-corrected chi connectivity index (χ2v) is 7.14. The molecule has 0 N–H and O–H groups in total. The summed E-state index contributed by atoms with van der Waals surface area (Å²) in [5.74, 6) is 0.515. The maximum absolute atomic E-state index is 10.7. The van der Waals surface area contributed by atoms with Gasteiger partial charge in [0.05, 0.1) is 6.61 Å². The van der Waals surface area contributed by atoms with E-state index in [1.165, 1.54) is 12.8 Å². The molecule has 0 atom stereocenters. The van der Waals surface area contributed by atoms with Gasteiger partial charge in [0.2, 0.25) is 0 Å². The fourth-order valence-electron chi connectivity index (χ4n) is 1.37. The molecule has 0 heterocycles. The molecule has 1 rings (SSSR count). The summed E-state index contributed by atoms with van der Waals surface area (Å²) in [7, 11) is 0. The van der Waals surface area contributed by atoms with Crippen molar-refractivity contribution in [1.29, 1.82) is 0 Å². The molecule has 0 aromatic carbocycles. The third-order valence-electron chi connectivity index (χ3n) is 1.94. The Hall–Kier alpha value is 0.770. The summed E-state index contributed by atoms with van der Waals surface area (Å²) in [6.07, 6.45) is 1.50. The highest BCUT2D eigenvalue weighted by Crippen LogP contribution is 2.58. The highest BCUT2D eigenvalue weighted by Gasteiger charge is 2.20. The van der Waals surface area contributed by atoms with Gasteiger partial charge in [-0.05, 0) is 41.2 Å². The molecule has 0 aromatic heterocycles. The first kappa shape index (κ1) is 9.85. The van der Waals surface area contributed by atoms with E-state index in [2.05, 4.69) is 0 Å². The molecule has 11 heavy (non-hydrogen) atoms. The van der Waals surface area contributed by atoms with Crippen LogP contribution in [-0.4, -0.2) is 6.61 Å². The van der Waals surface area contributed by atoms with E-state index in [9.17, 15) is 4.57 Å². The van der Waals surface area contributed by atoms with E-state index in [4.69, 9.17) is 27.0 Å². The van der Waals surface area contributed by atoms with Crippen LogP contribution in [0.5, 0.6) is 0 Å². The summed E-state index contributed by atoms with van der Waals surface area (Å²) in [6, 6.07) is 0. The van der Waals surface area contributed by atoms with E-state index in [-0.39, 0.29) is 0 Å². The van der Waals surface area contributed by atoms with E-state index < -0.39 is 6.07 Å². The summed E-state index contributed by atoms with van der Waals surface area (Å²) in [6.45, 7) is 0.449. The molecule has 1 aliphatic rings. The molecule has 0 amide bonds. The van der Waals surface area contributed by atoms with Gasteiger partial charge in [-0.25, -0.2) is 0 Å². The van der Waals surface area contributed by atoms with Crippen molar-refractivity contribution in [2.75, 3.05) is 6.61 Å². The van der Waals surface area contributed by atoms with Crippen LogP contribution in [0.1, 0.15) is 25.7 Å². The van der Waals surface area contributed by atoms with Crippen LogP contribution in [0, 0.1) is 5.92 Å². The number of hydrogen-bond acceptors (Lipinski definition) is 2. The summed E-state index contributed by atoms with van der Waals surface area (Å²) in [5, 5.41) is 0. The fourth-order valence-corrected chi connectivity index (χ4v) is 2.09. The zero-order valence-corrected chi connectivity index (χ0v) is 8.54. The fraction of sp³-hybridized carbons (Fsp3) is 1.00. The largest absolute Gasteiger partial charge is 0.380 e. The minimum Gasteiger partial charge on any atom is -0.306 e. The first-order valence-electron chi connectivity index (χ1n) is 3.72. The first-order chi connectivity index (χ1) is 5.08. The summed E-state index contributed by atoms with van der Waals surface area (Å²) in [4.78, 5) is 0.